The Balaban J connectivity index is 0. The predicted molar refractivity (Wildman–Crippen MR) is 116 cm³/mol. The van der Waals surface area contributed by atoms with E-state index in [9.17, 15) is 0 Å². The van der Waals surface area contributed by atoms with Crippen LogP contribution in [0.2, 0.25) is 0 Å². The van der Waals surface area contributed by atoms with E-state index in [1.807, 2.05) is 0 Å². The maximum atomic E-state index is 2.43. The van der Waals surface area contributed by atoms with Gasteiger partial charge in [-0.1, -0.05) is 70.4 Å². The second-order valence-electron chi connectivity index (χ2n) is 7.95. The molecule has 0 fully saturated rings. The van der Waals surface area contributed by atoms with E-state index in [0.29, 0.717) is 0 Å². The van der Waals surface area contributed by atoms with Crippen LogP contribution in [0.5, 0.6) is 0 Å². The summed E-state index contributed by atoms with van der Waals surface area (Å²) in [6, 6.07) is 0. The fourth-order valence-electron chi connectivity index (χ4n) is 3.84. The quantitative estimate of drug-likeness (QED) is 0.168. The first-order chi connectivity index (χ1) is 12.2. The SMILES string of the molecule is CCCCCCCC/C=C\CCCCCCCC[N+](CC)(CC)CC.[Cl-]. The molecular weight excluding hydrogens is 338 g/mol. The van der Waals surface area contributed by atoms with Crippen molar-refractivity contribution in [2.24, 2.45) is 0 Å². The van der Waals surface area contributed by atoms with Gasteiger partial charge in [0.25, 0.3) is 0 Å². The Kier molecular flexibility index (Phi) is 23.1. The molecule has 0 rings (SSSR count). The predicted octanol–water partition coefficient (Wildman–Crippen LogP) is 4.90. The van der Waals surface area contributed by atoms with Crippen LogP contribution < -0.4 is 12.4 Å². The molecule has 0 heterocycles. The Morgan fingerprint density at radius 3 is 1.31 bits per heavy atom. The number of hydrogen-bond acceptors (Lipinski definition) is 0. The third-order valence-corrected chi connectivity index (χ3v) is 6.16. The van der Waals surface area contributed by atoms with Crippen molar-refractivity contribution in [3.8, 4) is 0 Å². The molecule has 0 aliphatic rings. The van der Waals surface area contributed by atoms with Crippen LogP contribution in [0.3, 0.4) is 0 Å². The van der Waals surface area contributed by atoms with E-state index in [2.05, 4.69) is 39.8 Å². The van der Waals surface area contributed by atoms with Crippen LogP contribution in [-0.2, 0) is 0 Å². The van der Waals surface area contributed by atoms with Crippen molar-refractivity contribution in [3.05, 3.63) is 12.2 Å². The number of quaternary nitrogens is 1. The molecule has 0 aromatic carbocycles. The van der Waals surface area contributed by atoms with E-state index in [0.717, 1.165) is 0 Å². The number of unbranched alkanes of at least 4 members (excludes halogenated alkanes) is 12. The molecule has 0 spiro atoms. The molecule has 0 unspecified atom stereocenters. The van der Waals surface area contributed by atoms with Gasteiger partial charge < -0.3 is 16.9 Å². The molecule has 0 aromatic rings. The highest BCUT2D eigenvalue weighted by atomic mass is 35.5. The summed E-state index contributed by atoms with van der Waals surface area (Å²) in [5, 5.41) is 0. The Morgan fingerprint density at radius 1 is 0.500 bits per heavy atom. The number of nitrogens with zero attached hydrogens (tertiary/aromatic N) is 1. The highest BCUT2D eigenvalue weighted by Gasteiger charge is 2.19. The standard InChI is InChI=1S/C24H50N.ClH/c1-5-9-10-11-12-13-14-15-16-17-18-19-20-21-22-23-24-25(6-2,7-3)8-4;/h15-16H,5-14,17-24H2,1-4H3;1H/q+1;/p-1/b16-15-;. The molecule has 1 nitrogen and oxygen atoms in total. The van der Waals surface area contributed by atoms with Crippen LogP contribution in [0, 0.1) is 0 Å². The molecule has 0 radical (unpaired) electrons. The van der Waals surface area contributed by atoms with Crippen LogP contribution in [0.15, 0.2) is 12.2 Å². The molecule has 0 aliphatic heterocycles. The van der Waals surface area contributed by atoms with Gasteiger partial charge in [0, 0.05) is 0 Å². The summed E-state index contributed by atoms with van der Waals surface area (Å²) in [7, 11) is 0. The average molecular weight is 388 g/mol. The van der Waals surface area contributed by atoms with Gasteiger partial charge in [0.15, 0.2) is 0 Å². The molecule has 2 heteroatoms. The van der Waals surface area contributed by atoms with Gasteiger partial charge in [0.2, 0.25) is 0 Å². The molecule has 0 atom stereocenters. The number of rotatable bonds is 19. The Labute approximate surface area is 173 Å². The van der Waals surface area contributed by atoms with Crippen LogP contribution in [0.4, 0.5) is 0 Å². The maximum absolute atomic E-state index is 2.43. The van der Waals surface area contributed by atoms with E-state index in [1.165, 1.54) is 121 Å². The second-order valence-corrected chi connectivity index (χ2v) is 7.95. The lowest BCUT2D eigenvalue weighted by Crippen LogP contribution is -3.00. The zero-order chi connectivity index (χ0) is 18.6. The van der Waals surface area contributed by atoms with Crippen molar-refractivity contribution in [1.82, 2.24) is 0 Å². The first kappa shape index (κ1) is 28.2. The van der Waals surface area contributed by atoms with Gasteiger partial charge in [0.1, 0.15) is 0 Å². The Bertz CT molecular complexity index is 276. The van der Waals surface area contributed by atoms with Crippen LogP contribution in [0.25, 0.3) is 0 Å². The average Bonchev–Trinajstić information content (AvgIpc) is 2.65. The fourth-order valence-corrected chi connectivity index (χ4v) is 3.84. The molecule has 0 aliphatic carbocycles. The summed E-state index contributed by atoms with van der Waals surface area (Å²) < 4.78 is 1.32. The lowest BCUT2D eigenvalue weighted by Gasteiger charge is -2.35. The highest BCUT2D eigenvalue weighted by molar-refractivity contribution is 4.81. The van der Waals surface area contributed by atoms with Gasteiger partial charge in [-0.05, 0) is 59.3 Å². The monoisotopic (exact) mass is 387 g/mol. The van der Waals surface area contributed by atoms with Crippen molar-refractivity contribution in [2.75, 3.05) is 26.2 Å². The van der Waals surface area contributed by atoms with Gasteiger partial charge >= 0.3 is 0 Å². The zero-order valence-electron chi connectivity index (χ0n) is 18.7. The lowest BCUT2D eigenvalue weighted by atomic mass is 10.1. The van der Waals surface area contributed by atoms with E-state index >= 15 is 0 Å². The van der Waals surface area contributed by atoms with Crippen molar-refractivity contribution >= 4 is 0 Å². The molecule has 0 saturated carbocycles. The second kappa shape index (κ2) is 21.3. The largest absolute Gasteiger partial charge is 1.00 e. The molecule has 0 saturated heterocycles. The van der Waals surface area contributed by atoms with Crippen LogP contribution in [0.1, 0.15) is 118 Å². The summed E-state index contributed by atoms with van der Waals surface area (Å²) in [4.78, 5) is 0. The van der Waals surface area contributed by atoms with Crippen LogP contribution >= 0.6 is 0 Å². The van der Waals surface area contributed by atoms with Gasteiger partial charge in [-0.25, -0.2) is 0 Å². The molecule has 0 N–H and O–H groups in total. The van der Waals surface area contributed by atoms with Gasteiger partial charge in [-0.15, -0.1) is 0 Å². The van der Waals surface area contributed by atoms with E-state index < -0.39 is 0 Å². The summed E-state index contributed by atoms with van der Waals surface area (Å²) in [6.07, 6.45) is 24.5. The van der Waals surface area contributed by atoms with Crippen molar-refractivity contribution in [2.45, 2.75) is 118 Å². The van der Waals surface area contributed by atoms with Gasteiger partial charge in [0.05, 0.1) is 26.2 Å². The van der Waals surface area contributed by atoms with Crippen molar-refractivity contribution in [3.63, 3.8) is 0 Å². The molecule has 0 aromatic heterocycles. The minimum absolute atomic E-state index is 0. The zero-order valence-corrected chi connectivity index (χ0v) is 19.5. The minimum atomic E-state index is 0. The molecule has 0 amide bonds. The van der Waals surface area contributed by atoms with Gasteiger partial charge in [-0.2, -0.15) is 0 Å². The minimum Gasteiger partial charge on any atom is -1.00 e. The first-order valence-electron chi connectivity index (χ1n) is 11.7. The summed E-state index contributed by atoms with van der Waals surface area (Å²) >= 11 is 0. The third kappa shape index (κ3) is 16.2. The number of hydrogen-bond donors (Lipinski definition) is 0. The summed E-state index contributed by atoms with van der Waals surface area (Å²) in [5.74, 6) is 0. The van der Waals surface area contributed by atoms with Crippen molar-refractivity contribution in [1.29, 1.82) is 0 Å². The number of allylic oxidation sites excluding steroid dienone is 2. The smallest absolute Gasteiger partial charge is 0.0786 e. The van der Waals surface area contributed by atoms with E-state index in [-0.39, 0.29) is 12.4 Å². The topological polar surface area (TPSA) is 0 Å². The number of halogens is 1. The molecule has 0 bridgehead atoms. The first-order valence-corrected chi connectivity index (χ1v) is 11.7. The van der Waals surface area contributed by atoms with Crippen LogP contribution in [-0.4, -0.2) is 30.7 Å². The molecule has 26 heavy (non-hydrogen) atoms. The van der Waals surface area contributed by atoms with Crippen molar-refractivity contribution < 1.29 is 16.9 Å². The maximum Gasteiger partial charge on any atom is 0.0786 e. The van der Waals surface area contributed by atoms with E-state index in [1.54, 1.807) is 0 Å². The highest BCUT2D eigenvalue weighted by Crippen LogP contribution is 2.13. The Hall–Kier alpha value is -0.0100. The molecular formula is C24H50ClN. The third-order valence-electron chi connectivity index (χ3n) is 6.16. The lowest BCUT2D eigenvalue weighted by molar-refractivity contribution is -0.923. The summed E-state index contributed by atoms with van der Waals surface area (Å²) in [5.41, 5.74) is 0. The normalized spacial score (nSPS) is 11.8. The van der Waals surface area contributed by atoms with Gasteiger partial charge in [-0.3, -0.25) is 0 Å². The van der Waals surface area contributed by atoms with E-state index in [4.69, 9.17) is 0 Å². The Morgan fingerprint density at radius 2 is 0.885 bits per heavy atom. The summed E-state index contributed by atoms with van der Waals surface area (Å²) in [6.45, 7) is 14.7. The molecule has 158 valence electrons. The fraction of sp³-hybridized carbons (Fsp3) is 0.917.